The Morgan fingerprint density at radius 1 is 1.15 bits per heavy atom. The van der Waals surface area contributed by atoms with Crippen molar-refractivity contribution in [3.8, 4) is 0 Å². The van der Waals surface area contributed by atoms with E-state index in [2.05, 4.69) is 19.9 Å². The van der Waals surface area contributed by atoms with E-state index in [1.165, 1.54) is 5.57 Å². The van der Waals surface area contributed by atoms with Crippen LogP contribution < -0.4 is 0 Å². The fourth-order valence-electron chi connectivity index (χ4n) is 7.55. The number of allylic oxidation sites excluding steroid dienone is 1. The van der Waals surface area contributed by atoms with Gasteiger partial charge < -0.3 is 0 Å². The molecule has 0 aromatic carbocycles. The summed E-state index contributed by atoms with van der Waals surface area (Å²) in [5, 5.41) is 0. The smallest absolute Gasteiger partial charge is 0.300 e. The molecule has 3 fully saturated rings. The van der Waals surface area contributed by atoms with Crippen LogP contribution in [0.1, 0.15) is 72.1 Å². The third kappa shape index (κ3) is 3.12. The molecule has 4 aliphatic rings. The van der Waals surface area contributed by atoms with E-state index < -0.39 is 16.5 Å². The highest BCUT2D eigenvalue weighted by Gasteiger charge is 2.59. The Morgan fingerprint density at radius 3 is 2.56 bits per heavy atom. The normalized spacial score (nSPS) is 46.8. The van der Waals surface area contributed by atoms with Gasteiger partial charge in [-0.3, -0.25) is 9.35 Å². The molecule has 0 amide bonds. The summed E-state index contributed by atoms with van der Waals surface area (Å²) in [6, 6.07) is 0. The van der Waals surface area contributed by atoms with Crippen LogP contribution in [-0.2, 0) is 19.4 Å². The zero-order valence-electron chi connectivity index (χ0n) is 16.6. The van der Waals surface area contributed by atoms with E-state index in [0.717, 1.165) is 38.5 Å². The molecule has 5 nitrogen and oxygen atoms in total. The monoisotopic (exact) mass is 396 g/mol. The topological polar surface area (TPSA) is 80.7 Å². The summed E-state index contributed by atoms with van der Waals surface area (Å²) in [6.07, 6.45) is 9.54. The van der Waals surface area contributed by atoms with Crippen LogP contribution in [0.3, 0.4) is 0 Å². The van der Waals surface area contributed by atoms with Gasteiger partial charge in [0, 0.05) is 5.92 Å². The minimum absolute atomic E-state index is 0.0949. The first-order valence-corrected chi connectivity index (χ1v) is 11.8. The second-order valence-corrected chi connectivity index (χ2v) is 11.0. The maximum absolute atomic E-state index is 12.2. The van der Waals surface area contributed by atoms with Crippen LogP contribution in [-0.4, -0.2) is 24.9 Å². The Labute approximate surface area is 162 Å². The Hall–Kier alpha value is -0.720. The van der Waals surface area contributed by atoms with E-state index >= 15 is 0 Å². The summed E-state index contributed by atoms with van der Waals surface area (Å²) in [4.78, 5) is 12.2. The van der Waals surface area contributed by atoms with Crippen molar-refractivity contribution in [3.05, 3.63) is 11.6 Å². The molecule has 0 aliphatic heterocycles. The molecule has 0 unspecified atom stereocenters. The summed E-state index contributed by atoms with van der Waals surface area (Å²) in [6.45, 7) is 6.46. The second kappa shape index (κ2) is 6.39. The van der Waals surface area contributed by atoms with Crippen molar-refractivity contribution in [2.24, 2.45) is 34.5 Å². The van der Waals surface area contributed by atoms with Crippen molar-refractivity contribution in [3.63, 3.8) is 0 Å². The number of hydrogen-bond acceptors (Lipinski definition) is 4. The van der Waals surface area contributed by atoms with Crippen LogP contribution in [0.25, 0.3) is 0 Å². The van der Waals surface area contributed by atoms with Crippen molar-refractivity contribution in [1.82, 2.24) is 0 Å². The molecule has 0 spiro atoms. The van der Waals surface area contributed by atoms with Gasteiger partial charge in [0.25, 0.3) is 0 Å². The predicted octanol–water partition coefficient (Wildman–Crippen LogP) is 4.34. The zero-order chi connectivity index (χ0) is 19.6. The summed E-state index contributed by atoms with van der Waals surface area (Å²) in [7, 11) is -4.40. The molecule has 0 aromatic heterocycles. The SMILES string of the molecule is CC(=O)[C@@H]1CC[C@H]2[C@H]3CC=C4C[C@@H](OS(=O)(=O)O)CC[C@]4(C)[C@@H]3CC[C@]12C. The second-order valence-electron chi connectivity index (χ2n) is 9.93. The summed E-state index contributed by atoms with van der Waals surface area (Å²) >= 11 is 0. The first-order valence-electron chi connectivity index (χ1n) is 10.4. The molecule has 27 heavy (non-hydrogen) atoms. The molecule has 7 atom stereocenters. The van der Waals surface area contributed by atoms with Crippen LogP contribution in [0.2, 0.25) is 0 Å². The number of carbonyl (C=O) groups excluding carboxylic acids is 1. The molecule has 0 radical (unpaired) electrons. The standard InChI is InChI=1S/C21H32O5S/c1-13(22)17-6-7-18-16-5-4-14-12-15(26-27(23,24)25)8-10-20(14,2)19(16)9-11-21(17,18)3/h4,15-19H,5-12H2,1-3H3,(H,23,24,25)/t15-,16+,17-,18-,19+,20-,21+/m0/s1. The molecule has 4 aliphatic carbocycles. The predicted molar refractivity (Wildman–Crippen MR) is 102 cm³/mol. The lowest BCUT2D eigenvalue weighted by Crippen LogP contribution is -2.51. The largest absolute Gasteiger partial charge is 0.397 e. The number of carbonyl (C=O) groups is 1. The van der Waals surface area contributed by atoms with E-state index in [1.54, 1.807) is 6.92 Å². The highest BCUT2D eigenvalue weighted by atomic mass is 32.3. The minimum atomic E-state index is -4.40. The third-order valence-electron chi connectivity index (χ3n) is 8.81. The van der Waals surface area contributed by atoms with E-state index in [-0.39, 0.29) is 16.7 Å². The number of Topliss-reactive ketones (excluding diaryl/α,β-unsaturated/α-hetero) is 1. The average Bonchev–Trinajstić information content (AvgIpc) is 2.91. The van der Waals surface area contributed by atoms with Crippen LogP contribution >= 0.6 is 0 Å². The van der Waals surface area contributed by atoms with Gasteiger partial charge in [-0.2, -0.15) is 8.42 Å². The van der Waals surface area contributed by atoms with Gasteiger partial charge in [0.15, 0.2) is 0 Å². The van der Waals surface area contributed by atoms with Crippen molar-refractivity contribution < 1.29 is 21.9 Å². The fourth-order valence-corrected chi connectivity index (χ4v) is 8.06. The van der Waals surface area contributed by atoms with Gasteiger partial charge in [-0.1, -0.05) is 25.5 Å². The number of ketones is 1. The van der Waals surface area contributed by atoms with Gasteiger partial charge in [-0.15, -0.1) is 0 Å². The first kappa shape index (κ1) is 19.6. The van der Waals surface area contributed by atoms with Gasteiger partial charge in [0.1, 0.15) is 5.78 Å². The van der Waals surface area contributed by atoms with Crippen molar-refractivity contribution in [1.29, 1.82) is 0 Å². The zero-order valence-corrected chi connectivity index (χ0v) is 17.4. The Balaban J connectivity index is 1.58. The summed E-state index contributed by atoms with van der Waals surface area (Å²) < 4.78 is 36.1. The molecule has 0 aromatic rings. The summed E-state index contributed by atoms with van der Waals surface area (Å²) in [5.74, 6) is 2.43. The average molecular weight is 397 g/mol. The maximum Gasteiger partial charge on any atom is 0.397 e. The fraction of sp³-hybridized carbons (Fsp3) is 0.857. The van der Waals surface area contributed by atoms with E-state index in [9.17, 15) is 13.2 Å². The van der Waals surface area contributed by atoms with Crippen LogP contribution in [0.4, 0.5) is 0 Å². The number of rotatable bonds is 3. The van der Waals surface area contributed by atoms with Crippen LogP contribution in [0.15, 0.2) is 11.6 Å². The maximum atomic E-state index is 12.2. The van der Waals surface area contributed by atoms with Crippen LogP contribution in [0.5, 0.6) is 0 Å². The lowest BCUT2D eigenvalue weighted by molar-refractivity contribution is -0.127. The van der Waals surface area contributed by atoms with Crippen molar-refractivity contribution in [2.45, 2.75) is 78.2 Å². The van der Waals surface area contributed by atoms with Gasteiger partial charge in [0.05, 0.1) is 6.10 Å². The van der Waals surface area contributed by atoms with Gasteiger partial charge >= 0.3 is 10.4 Å². The Kier molecular flexibility index (Phi) is 4.64. The number of fused-ring (bicyclic) bond motifs is 5. The third-order valence-corrected chi connectivity index (χ3v) is 9.32. The van der Waals surface area contributed by atoms with Gasteiger partial charge in [-0.05, 0) is 86.9 Å². The van der Waals surface area contributed by atoms with E-state index in [4.69, 9.17) is 8.74 Å². The van der Waals surface area contributed by atoms with E-state index in [1.807, 2.05) is 0 Å². The van der Waals surface area contributed by atoms with Crippen molar-refractivity contribution in [2.75, 3.05) is 0 Å². The van der Waals surface area contributed by atoms with Crippen LogP contribution in [0, 0.1) is 34.5 Å². The Morgan fingerprint density at radius 2 is 1.89 bits per heavy atom. The molecule has 0 saturated heterocycles. The van der Waals surface area contributed by atoms with E-state index in [0.29, 0.717) is 36.4 Å². The van der Waals surface area contributed by atoms with Gasteiger partial charge in [0.2, 0.25) is 0 Å². The molecule has 0 bridgehead atoms. The molecule has 3 saturated carbocycles. The molecule has 6 heteroatoms. The Bertz CT molecular complexity index is 771. The molecular formula is C21H32O5S. The lowest BCUT2D eigenvalue weighted by Gasteiger charge is -2.58. The minimum Gasteiger partial charge on any atom is -0.300 e. The quantitative estimate of drug-likeness (QED) is 0.567. The van der Waals surface area contributed by atoms with Gasteiger partial charge in [-0.25, -0.2) is 4.18 Å². The first-order chi connectivity index (χ1) is 12.5. The number of hydrogen-bond donors (Lipinski definition) is 1. The molecule has 4 rings (SSSR count). The molecule has 1 N–H and O–H groups in total. The highest BCUT2D eigenvalue weighted by molar-refractivity contribution is 7.80. The summed E-state index contributed by atoms with van der Waals surface area (Å²) in [5.41, 5.74) is 1.56. The van der Waals surface area contributed by atoms with Crippen molar-refractivity contribution >= 4 is 16.2 Å². The highest BCUT2D eigenvalue weighted by Crippen LogP contribution is 2.66. The lowest BCUT2D eigenvalue weighted by atomic mass is 9.47. The molecular weight excluding hydrogens is 364 g/mol. The molecule has 0 heterocycles. The molecule has 152 valence electrons.